The molecular formula is C11H8N4. The molecule has 0 bridgehead atoms. The first-order valence-electron chi connectivity index (χ1n) is 4.65. The predicted octanol–water partition coefficient (Wildman–Crippen LogP) is 1.79. The van der Waals surface area contributed by atoms with E-state index in [1.807, 2.05) is 36.5 Å². The molecule has 0 N–H and O–H groups in total. The van der Waals surface area contributed by atoms with Crippen molar-refractivity contribution in [2.24, 2.45) is 0 Å². The smallest absolute Gasteiger partial charge is 0.155 e. The molecule has 0 aromatic carbocycles. The van der Waals surface area contributed by atoms with E-state index in [-0.39, 0.29) is 0 Å². The van der Waals surface area contributed by atoms with Crippen LogP contribution in [0.3, 0.4) is 0 Å². The van der Waals surface area contributed by atoms with Crippen LogP contribution in [-0.2, 0) is 0 Å². The maximum Gasteiger partial charge on any atom is 0.155 e. The molecule has 15 heavy (non-hydrogen) atoms. The van der Waals surface area contributed by atoms with E-state index in [0.717, 1.165) is 17.0 Å². The Morgan fingerprint density at radius 1 is 0.933 bits per heavy atom. The van der Waals surface area contributed by atoms with Crippen molar-refractivity contribution in [2.45, 2.75) is 0 Å². The summed E-state index contributed by atoms with van der Waals surface area (Å²) in [5.74, 6) is 0. The van der Waals surface area contributed by atoms with Crippen molar-refractivity contribution < 1.29 is 0 Å². The monoisotopic (exact) mass is 196 g/mol. The van der Waals surface area contributed by atoms with Gasteiger partial charge in [-0.15, -0.1) is 0 Å². The zero-order chi connectivity index (χ0) is 10.1. The average molecular weight is 196 g/mol. The molecule has 0 amide bonds. The van der Waals surface area contributed by atoms with Gasteiger partial charge in [-0.05, 0) is 18.2 Å². The van der Waals surface area contributed by atoms with Crippen LogP contribution in [0.25, 0.3) is 17.0 Å². The van der Waals surface area contributed by atoms with E-state index in [2.05, 4.69) is 15.1 Å². The Hall–Kier alpha value is -2.23. The highest BCUT2D eigenvalue weighted by atomic mass is 15.2. The fraction of sp³-hybridized carbons (Fsp3) is 0. The van der Waals surface area contributed by atoms with Crippen LogP contribution in [-0.4, -0.2) is 19.6 Å². The molecule has 0 aliphatic rings. The molecule has 3 heterocycles. The van der Waals surface area contributed by atoms with E-state index in [4.69, 9.17) is 0 Å². The van der Waals surface area contributed by atoms with Gasteiger partial charge in [-0.3, -0.25) is 4.98 Å². The molecule has 0 spiro atoms. The second kappa shape index (κ2) is 3.16. The molecule has 0 aliphatic heterocycles. The van der Waals surface area contributed by atoms with Gasteiger partial charge in [0.05, 0.1) is 5.69 Å². The summed E-state index contributed by atoms with van der Waals surface area (Å²) in [5, 5.41) is 4.37. The first-order chi connectivity index (χ1) is 7.43. The van der Waals surface area contributed by atoms with Crippen molar-refractivity contribution in [3.63, 3.8) is 0 Å². The highest BCUT2D eigenvalue weighted by molar-refractivity contribution is 5.59. The largest absolute Gasteiger partial charge is 0.255 e. The van der Waals surface area contributed by atoms with Crippen LogP contribution in [0.4, 0.5) is 0 Å². The van der Waals surface area contributed by atoms with Crippen molar-refractivity contribution in [3.05, 3.63) is 48.9 Å². The molecule has 0 fully saturated rings. The number of aromatic nitrogens is 4. The van der Waals surface area contributed by atoms with Crippen molar-refractivity contribution in [2.75, 3.05) is 0 Å². The molecule has 72 valence electrons. The van der Waals surface area contributed by atoms with Gasteiger partial charge in [-0.25, -0.2) is 9.50 Å². The van der Waals surface area contributed by atoms with Crippen molar-refractivity contribution in [1.29, 1.82) is 0 Å². The maximum atomic E-state index is 4.37. The molecule has 3 aromatic heterocycles. The van der Waals surface area contributed by atoms with E-state index < -0.39 is 0 Å². The summed E-state index contributed by atoms with van der Waals surface area (Å²) in [6.45, 7) is 0. The van der Waals surface area contributed by atoms with E-state index in [1.165, 1.54) is 0 Å². The number of fused-ring (bicyclic) bond motifs is 1. The van der Waals surface area contributed by atoms with Gasteiger partial charge in [0.1, 0.15) is 5.69 Å². The van der Waals surface area contributed by atoms with Crippen LogP contribution in [0, 0.1) is 0 Å². The first kappa shape index (κ1) is 8.11. The summed E-state index contributed by atoms with van der Waals surface area (Å²) < 4.78 is 1.74. The van der Waals surface area contributed by atoms with Crippen LogP contribution in [0.2, 0.25) is 0 Å². The lowest BCUT2D eigenvalue weighted by atomic mass is 10.3. The average Bonchev–Trinajstić information content (AvgIpc) is 2.74. The minimum absolute atomic E-state index is 0.832. The van der Waals surface area contributed by atoms with Crippen LogP contribution in [0.5, 0.6) is 0 Å². The summed E-state index contributed by atoms with van der Waals surface area (Å²) in [4.78, 5) is 8.44. The van der Waals surface area contributed by atoms with Crippen LogP contribution in [0.15, 0.2) is 48.9 Å². The first-order valence-corrected chi connectivity index (χ1v) is 4.65. The fourth-order valence-electron chi connectivity index (χ4n) is 1.47. The van der Waals surface area contributed by atoms with E-state index in [1.54, 1.807) is 16.9 Å². The summed E-state index contributed by atoms with van der Waals surface area (Å²) in [5.41, 5.74) is 2.54. The third kappa shape index (κ3) is 1.36. The van der Waals surface area contributed by atoms with Gasteiger partial charge < -0.3 is 0 Å². The third-order valence-electron chi connectivity index (χ3n) is 2.16. The van der Waals surface area contributed by atoms with Gasteiger partial charge >= 0.3 is 0 Å². The van der Waals surface area contributed by atoms with Gasteiger partial charge in [0.25, 0.3) is 0 Å². The zero-order valence-electron chi connectivity index (χ0n) is 7.91. The SMILES string of the molecule is c1ccc(-c2cc3ncccn3n2)nc1. The fourth-order valence-corrected chi connectivity index (χ4v) is 1.47. The number of hydrogen-bond acceptors (Lipinski definition) is 3. The molecule has 0 saturated heterocycles. The topological polar surface area (TPSA) is 43.1 Å². The molecule has 3 rings (SSSR count). The minimum atomic E-state index is 0.832. The summed E-state index contributed by atoms with van der Waals surface area (Å²) in [6, 6.07) is 9.53. The van der Waals surface area contributed by atoms with Gasteiger partial charge in [0.15, 0.2) is 5.65 Å². The Kier molecular flexibility index (Phi) is 1.71. The normalized spacial score (nSPS) is 10.7. The lowest BCUT2D eigenvalue weighted by Crippen LogP contribution is -1.87. The molecule has 0 atom stereocenters. The van der Waals surface area contributed by atoms with E-state index in [0.29, 0.717) is 0 Å². The van der Waals surface area contributed by atoms with E-state index in [9.17, 15) is 0 Å². The Labute approximate surface area is 86.2 Å². The quantitative estimate of drug-likeness (QED) is 0.596. The summed E-state index contributed by atoms with van der Waals surface area (Å²) in [7, 11) is 0. The Morgan fingerprint density at radius 3 is 2.67 bits per heavy atom. The minimum Gasteiger partial charge on any atom is -0.255 e. The molecule has 3 aromatic rings. The van der Waals surface area contributed by atoms with Gasteiger partial charge in [-0.1, -0.05) is 6.07 Å². The van der Waals surface area contributed by atoms with Crippen LogP contribution < -0.4 is 0 Å². The number of rotatable bonds is 1. The predicted molar refractivity (Wildman–Crippen MR) is 56.2 cm³/mol. The van der Waals surface area contributed by atoms with Gasteiger partial charge in [0.2, 0.25) is 0 Å². The Morgan fingerprint density at radius 2 is 1.87 bits per heavy atom. The number of hydrogen-bond donors (Lipinski definition) is 0. The summed E-state index contributed by atoms with van der Waals surface area (Å²) in [6.07, 6.45) is 5.38. The molecule has 0 saturated carbocycles. The molecule has 4 nitrogen and oxygen atoms in total. The van der Waals surface area contributed by atoms with Crippen molar-refractivity contribution in [3.8, 4) is 11.4 Å². The molecule has 0 radical (unpaired) electrons. The highest BCUT2D eigenvalue weighted by Gasteiger charge is 2.04. The third-order valence-corrected chi connectivity index (χ3v) is 2.16. The lowest BCUT2D eigenvalue weighted by Gasteiger charge is -1.91. The Bertz CT molecular complexity index is 553. The van der Waals surface area contributed by atoms with Crippen molar-refractivity contribution >= 4 is 5.65 Å². The molecule has 0 unspecified atom stereocenters. The van der Waals surface area contributed by atoms with E-state index >= 15 is 0 Å². The second-order valence-corrected chi connectivity index (χ2v) is 3.17. The Balaban J connectivity index is 2.21. The van der Waals surface area contributed by atoms with Crippen LogP contribution in [0.1, 0.15) is 0 Å². The number of nitrogens with zero attached hydrogens (tertiary/aromatic N) is 4. The maximum absolute atomic E-state index is 4.37. The second-order valence-electron chi connectivity index (χ2n) is 3.17. The number of pyridine rings is 1. The van der Waals surface area contributed by atoms with Crippen molar-refractivity contribution in [1.82, 2.24) is 19.6 Å². The zero-order valence-corrected chi connectivity index (χ0v) is 7.91. The van der Waals surface area contributed by atoms with Gasteiger partial charge in [-0.2, -0.15) is 5.10 Å². The lowest BCUT2D eigenvalue weighted by molar-refractivity contribution is 0.940. The summed E-state index contributed by atoms with van der Waals surface area (Å²) >= 11 is 0. The molecule has 4 heteroatoms. The van der Waals surface area contributed by atoms with Gasteiger partial charge in [0, 0.05) is 24.7 Å². The molecule has 0 aliphatic carbocycles. The highest BCUT2D eigenvalue weighted by Crippen LogP contribution is 2.15. The standard InChI is InChI=1S/C11H8N4/c1-2-5-12-9(4-1)10-8-11-13-6-3-7-15(11)14-10/h1-8H. The van der Waals surface area contributed by atoms with Crippen LogP contribution >= 0.6 is 0 Å². The molecular weight excluding hydrogens is 188 g/mol.